The minimum Gasteiger partial charge on any atom is -0.360 e. The van der Waals surface area contributed by atoms with E-state index in [0.717, 1.165) is 22.5 Å². The van der Waals surface area contributed by atoms with E-state index in [-0.39, 0.29) is 5.57 Å². The van der Waals surface area contributed by atoms with Crippen molar-refractivity contribution < 1.29 is 9.32 Å². The summed E-state index contributed by atoms with van der Waals surface area (Å²) in [6, 6.07) is 10.9. The number of anilines is 1. The van der Waals surface area contributed by atoms with Crippen molar-refractivity contribution in [3.63, 3.8) is 0 Å². The van der Waals surface area contributed by atoms with Crippen molar-refractivity contribution in [3.05, 3.63) is 69.2 Å². The second-order valence-corrected chi connectivity index (χ2v) is 6.90. The molecule has 0 saturated carbocycles. The Bertz CT molecular complexity index is 1130. The highest BCUT2D eigenvalue weighted by atomic mass is 35.5. The van der Waals surface area contributed by atoms with Crippen LogP contribution in [0.2, 0.25) is 5.02 Å². The first kappa shape index (κ1) is 19.5. The molecule has 0 aliphatic rings. The largest absolute Gasteiger partial charge is 0.360 e. The van der Waals surface area contributed by atoms with Crippen molar-refractivity contribution in [3.8, 4) is 11.9 Å². The van der Waals surface area contributed by atoms with Crippen LogP contribution in [-0.4, -0.2) is 15.6 Å². The molecule has 2 heterocycles. The molecule has 7 heteroatoms. The van der Waals surface area contributed by atoms with Gasteiger partial charge in [0.2, 0.25) is 0 Å². The lowest BCUT2D eigenvalue weighted by molar-refractivity contribution is -0.112. The summed E-state index contributed by atoms with van der Waals surface area (Å²) in [4.78, 5) is 12.6. The number of nitrogens with one attached hydrogen (secondary N) is 1. The topological polar surface area (TPSA) is 83.9 Å². The average molecular weight is 395 g/mol. The minimum absolute atomic E-state index is 0.00374. The summed E-state index contributed by atoms with van der Waals surface area (Å²) >= 11 is 6.09. The third kappa shape index (κ3) is 3.71. The zero-order valence-corrected chi connectivity index (χ0v) is 16.8. The van der Waals surface area contributed by atoms with E-state index in [1.165, 1.54) is 0 Å². The molecule has 0 unspecified atom stereocenters. The number of hydrogen-bond acceptors (Lipinski definition) is 4. The van der Waals surface area contributed by atoms with Gasteiger partial charge in [0.05, 0.1) is 0 Å². The van der Waals surface area contributed by atoms with Crippen LogP contribution in [0.25, 0.3) is 11.9 Å². The van der Waals surface area contributed by atoms with Gasteiger partial charge in [-0.2, -0.15) is 5.26 Å². The first-order chi connectivity index (χ1) is 13.3. The number of aromatic nitrogens is 2. The summed E-state index contributed by atoms with van der Waals surface area (Å²) in [7, 11) is 0. The second-order valence-electron chi connectivity index (χ2n) is 6.49. The van der Waals surface area contributed by atoms with Gasteiger partial charge in [-0.05, 0) is 63.1 Å². The van der Waals surface area contributed by atoms with Crippen LogP contribution in [0.3, 0.4) is 0 Å². The van der Waals surface area contributed by atoms with E-state index in [9.17, 15) is 10.1 Å². The number of nitriles is 1. The highest BCUT2D eigenvalue weighted by Gasteiger charge is 2.16. The maximum Gasteiger partial charge on any atom is 0.266 e. The van der Waals surface area contributed by atoms with Gasteiger partial charge in [0.15, 0.2) is 5.82 Å². The Morgan fingerprint density at radius 3 is 2.68 bits per heavy atom. The lowest BCUT2D eigenvalue weighted by Gasteiger charge is -2.09. The lowest BCUT2D eigenvalue weighted by atomic mass is 10.1. The molecule has 1 N–H and O–H groups in total. The molecule has 1 amide bonds. The van der Waals surface area contributed by atoms with Crippen LogP contribution < -0.4 is 5.32 Å². The SMILES string of the molecule is Cc1cc(-n2c(C)cc(/C=C(\C#N)C(=O)Nc3cccc(Cl)c3C)c2C)no1. The number of amides is 1. The second kappa shape index (κ2) is 7.75. The summed E-state index contributed by atoms with van der Waals surface area (Å²) in [6.45, 7) is 7.45. The van der Waals surface area contributed by atoms with Crippen LogP contribution in [0, 0.1) is 39.0 Å². The Morgan fingerprint density at radius 1 is 1.29 bits per heavy atom. The molecule has 6 nitrogen and oxygen atoms in total. The van der Waals surface area contributed by atoms with Crippen molar-refractivity contribution in [2.24, 2.45) is 0 Å². The maximum absolute atomic E-state index is 12.6. The summed E-state index contributed by atoms with van der Waals surface area (Å²) < 4.78 is 7.07. The quantitative estimate of drug-likeness (QED) is 0.504. The normalized spacial score (nSPS) is 11.4. The van der Waals surface area contributed by atoms with Crippen LogP contribution in [0.5, 0.6) is 0 Å². The molecule has 3 rings (SSSR count). The highest BCUT2D eigenvalue weighted by Crippen LogP contribution is 2.25. The number of carbonyl (C=O) groups is 1. The van der Waals surface area contributed by atoms with Gasteiger partial charge in [0.1, 0.15) is 17.4 Å². The number of carbonyl (C=O) groups excluding carboxylic acids is 1. The molecular weight excluding hydrogens is 376 g/mol. The van der Waals surface area contributed by atoms with Crippen molar-refractivity contribution in [2.45, 2.75) is 27.7 Å². The molecule has 142 valence electrons. The Hall–Kier alpha value is -3.30. The van der Waals surface area contributed by atoms with Crippen LogP contribution in [0.4, 0.5) is 5.69 Å². The maximum atomic E-state index is 12.6. The fourth-order valence-corrected chi connectivity index (χ4v) is 3.16. The molecule has 0 radical (unpaired) electrons. The zero-order valence-electron chi connectivity index (χ0n) is 16.0. The van der Waals surface area contributed by atoms with Gasteiger partial charge < -0.3 is 9.84 Å². The van der Waals surface area contributed by atoms with E-state index < -0.39 is 5.91 Å². The van der Waals surface area contributed by atoms with E-state index in [0.29, 0.717) is 22.3 Å². The molecule has 0 aliphatic carbocycles. The number of hydrogen-bond donors (Lipinski definition) is 1. The molecule has 3 aromatic rings. The van der Waals surface area contributed by atoms with E-state index in [2.05, 4.69) is 10.5 Å². The lowest BCUT2D eigenvalue weighted by Crippen LogP contribution is -2.14. The standard InChI is InChI=1S/C21H19ClN4O2/c1-12-8-16(15(4)26(12)20-9-13(2)28-25-20)10-17(11-23)21(27)24-19-7-5-6-18(22)14(19)3/h5-10H,1-4H3,(H,24,27)/b17-10+. The minimum atomic E-state index is -0.491. The monoisotopic (exact) mass is 394 g/mol. The zero-order chi connectivity index (χ0) is 20.4. The number of rotatable bonds is 4. The fraction of sp³-hybridized carbons (Fsp3) is 0.190. The summed E-state index contributed by atoms with van der Waals surface area (Å²) in [5.74, 6) is 0.869. The van der Waals surface area contributed by atoms with Crippen molar-refractivity contribution in [1.82, 2.24) is 9.72 Å². The van der Waals surface area contributed by atoms with Gasteiger partial charge in [0.25, 0.3) is 5.91 Å². The van der Waals surface area contributed by atoms with Gasteiger partial charge in [-0.15, -0.1) is 0 Å². The Labute approximate surface area is 168 Å². The molecule has 2 aromatic heterocycles. The van der Waals surface area contributed by atoms with E-state index in [1.807, 2.05) is 43.5 Å². The van der Waals surface area contributed by atoms with Gasteiger partial charge in [-0.1, -0.05) is 22.8 Å². The van der Waals surface area contributed by atoms with Crippen LogP contribution in [0.15, 0.2) is 40.4 Å². The van der Waals surface area contributed by atoms with Crippen LogP contribution in [0.1, 0.15) is 28.3 Å². The Morgan fingerprint density at radius 2 is 2.04 bits per heavy atom. The van der Waals surface area contributed by atoms with Gasteiger partial charge in [-0.25, -0.2) is 0 Å². The predicted molar refractivity (Wildman–Crippen MR) is 108 cm³/mol. The van der Waals surface area contributed by atoms with Gasteiger partial charge in [-0.3, -0.25) is 9.36 Å². The van der Waals surface area contributed by atoms with Gasteiger partial charge >= 0.3 is 0 Å². The van der Waals surface area contributed by atoms with E-state index in [4.69, 9.17) is 16.1 Å². The van der Waals surface area contributed by atoms with Gasteiger partial charge in [0, 0.05) is 28.2 Å². The van der Waals surface area contributed by atoms with E-state index in [1.54, 1.807) is 31.2 Å². The molecule has 0 spiro atoms. The molecule has 0 fully saturated rings. The molecule has 0 saturated heterocycles. The van der Waals surface area contributed by atoms with Crippen molar-refractivity contribution >= 4 is 29.3 Å². The van der Waals surface area contributed by atoms with E-state index >= 15 is 0 Å². The molecule has 0 bridgehead atoms. The molecule has 0 atom stereocenters. The molecule has 28 heavy (non-hydrogen) atoms. The average Bonchev–Trinajstić information content (AvgIpc) is 3.19. The van der Waals surface area contributed by atoms with Crippen molar-refractivity contribution in [2.75, 3.05) is 5.32 Å². The first-order valence-electron chi connectivity index (χ1n) is 8.62. The third-order valence-electron chi connectivity index (χ3n) is 4.50. The fourth-order valence-electron chi connectivity index (χ4n) is 2.98. The van der Waals surface area contributed by atoms with Crippen molar-refractivity contribution in [1.29, 1.82) is 5.26 Å². The molecule has 0 aliphatic heterocycles. The van der Waals surface area contributed by atoms with Crippen LogP contribution in [-0.2, 0) is 4.79 Å². The summed E-state index contributed by atoms with van der Waals surface area (Å²) in [5, 5.41) is 16.8. The highest BCUT2D eigenvalue weighted by molar-refractivity contribution is 6.31. The summed E-state index contributed by atoms with van der Waals surface area (Å²) in [5.41, 5.74) is 3.84. The first-order valence-corrected chi connectivity index (χ1v) is 9.00. The number of nitrogens with zero attached hydrogens (tertiary/aromatic N) is 3. The summed E-state index contributed by atoms with van der Waals surface area (Å²) in [6.07, 6.45) is 1.57. The third-order valence-corrected chi connectivity index (χ3v) is 4.91. The molecule has 1 aromatic carbocycles. The predicted octanol–water partition coefficient (Wildman–Crippen LogP) is 4.90. The molecular formula is C21H19ClN4O2. The number of benzene rings is 1. The Balaban J connectivity index is 1.94. The smallest absolute Gasteiger partial charge is 0.266 e. The number of halogens is 1. The number of aryl methyl sites for hydroxylation is 2. The Kier molecular flexibility index (Phi) is 5.39. The van der Waals surface area contributed by atoms with Crippen LogP contribution >= 0.6 is 11.6 Å².